The Hall–Kier alpha value is -2.53. The summed E-state index contributed by atoms with van der Waals surface area (Å²) in [7, 11) is 0. The van der Waals surface area contributed by atoms with Crippen LogP contribution in [0.2, 0.25) is 0 Å². The van der Waals surface area contributed by atoms with Gasteiger partial charge < -0.3 is 20.5 Å². The van der Waals surface area contributed by atoms with Crippen LogP contribution in [0.5, 0.6) is 5.75 Å². The van der Waals surface area contributed by atoms with Crippen molar-refractivity contribution in [3.8, 4) is 5.75 Å². The quantitative estimate of drug-likeness (QED) is 0.653. The highest BCUT2D eigenvalue weighted by atomic mass is 16.5. The van der Waals surface area contributed by atoms with Crippen LogP contribution >= 0.6 is 0 Å². The van der Waals surface area contributed by atoms with Gasteiger partial charge in [-0.25, -0.2) is 4.79 Å². The number of aliphatic hydroxyl groups is 1. The molecular weight excluding hydrogens is 304 g/mol. The number of carbonyl (C=O) groups is 1. The summed E-state index contributed by atoms with van der Waals surface area (Å²) < 4.78 is 5.68. The second kappa shape index (κ2) is 9.57. The van der Waals surface area contributed by atoms with Crippen molar-refractivity contribution in [1.82, 2.24) is 10.6 Å². The largest absolute Gasteiger partial charge is 0.493 e. The maximum Gasteiger partial charge on any atom is 0.315 e. The molecule has 5 nitrogen and oxygen atoms in total. The number of amides is 2. The lowest BCUT2D eigenvalue weighted by Gasteiger charge is -2.10. The molecule has 0 saturated carbocycles. The van der Waals surface area contributed by atoms with Crippen molar-refractivity contribution in [3.63, 3.8) is 0 Å². The molecule has 0 aliphatic rings. The first-order chi connectivity index (χ1) is 11.7. The van der Waals surface area contributed by atoms with E-state index in [0.717, 1.165) is 28.9 Å². The van der Waals surface area contributed by atoms with Gasteiger partial charge in [0.15, 0.2) is 0 Å². The van der Waals surface area contributed by atoms with Crippen molar-refractivity contribution in [3.05, 3.63) is 65.2 Å². The Labute approximate surface area is 142 Å². The normalized spacial score (nSPS) is 10.2. The summed E-state index contributed by atoms with van der Waals surface area (Å²) in [6.45, 7) is 3.61. The second-order valence-electron chi connectivity index (χ2n) is 5.55. The van der Waals surface area contributed by atoms with E-state index in [-0.39, 0.29) is 12.6 Å². The molecule has 0 atom stereocenters. The molecule has 2 amide bonds. The van der Waals surface area contributed by atoms with E-state index in [0.29, 0.717) is 19.7 Å². The zero-order valence-corrected chi connectivity index (χ0v) is 13.9. The Morgan fingerprint density at radius 1 is 1.04 bits per heavy atom. The molecule has 3 N–H and O–H groups in total. The van der Waals surface area contributed by atoms with E-state index in [1.54, 1.807) is 0 Å². The number of urea groups is 1. The Kier molecular flexibility index (Phi) is 7.11. The third-order valence-electron chi connectivity index (χ3n) is 3.62. The third-order valence-corrected chi connectivity index (χ3v) is 3.62. The molecule has 2 aromatic rings. The lowest BCUT2D eigenvalue weighted by molar-refractivity contribution is 0.238. The molecule has 0 fully saturated rings. The van der Waals surface area contributed by atoms with Crippen LogP contribution in [-0.4, -0.2) is 24.3 Å². The van der Waals surface area contributed by atoms with Gasteiger partial charge in [0, 0.05) is 13.1 Å². The molecule has 2 rings (SSSR count). The molecular formula is C19H24N2O3. The topological polar surface area (TPSA) is 70.6 Å². The lowest BCUT2D eigenvalue weighted by atomic mass is 10.1. The molecule has 0 radical (unpaired) electrons. The Balaban J connectivity index is 1.58. The number of aryl methyl sites for hydroxylation is 1. The summed E-state index contributed by atoms with van der Waals surface area (Å²) in [4.78, 5) is 11.7. The minimum absolute atomic E-state index is 0.0266. The zero-order valence-electron chi connectivity index (χ0n) is 13.9. The number of nitrogens with one attached hydrogen (secondary N) is 2. The van der Waals surface area contributed by atoms with Gasteiger partial charge in [0.25, 0.3) is 0 Å². The van der Waals surface area contributed by atoms with Crippen LogP contribution < -0.4 is 15.4 Å². The first-order valence-corrected chi connectivity index (χ1v) is 8.08. The van der Waals surface area contributed by atoms with E-state index in [1.807, 2.05) is 55.5 Å². The fourth-order valence-electron chi connectivity index (χ4n) is 2.18. The van der Waals surface area contributed by atoms with Gasteiger partial charge in [-0.1, -0.05) is 42.5 Å². The average molecular weight is 328 g/mol. The molecule has 0 aliphatic heterocycles. The van der Waals surface area contributed by atoms with Crippen molar-refractivity contribution in [1.29, 1.82) is 0 Å². The van der Waals surface area contributed by atoms with Gasteiger partial charge >= 0.3 is 6.03 Å². The molecule has 0 bridgehead atoms. The molecule has 0 heterocycles. The SMILES string of the molecule is Cc1ccccc1OCCCNC(=O)NCc1ccc(CO)cc1. The van der Waals surface area contributed by atoms with Crippen LogP contribution in [0.4, 0.5) is 4.79 Å². The van der Waals surface area contributed by atoms with Gasteiger partial charge in [-0.15, -0.1) is 0 Å². The van der Waals surface area contributed by atoms with Gasteiger partial charge in [-0.2, -0.15) is 0 Å². The number of para-hydroxylation sites is 1. The molecule has 128 valence electrons. The van der Waals surface area contributed by atoms with Crippen molar-refractivity contribution in [2.24, 2.45) is 0 Å². The maximum atomic E-state index is 11.7. The lowest BCUT2D eigenvalue weighted by Crippen LogP contribution is -2.36. The molecule has 2 aromatic carbocycles. The Bertz CT molecular complexity index is 641. The van der Waals surface area contributed by atoms with E-state index in [9.17, 15) is 4.79 Å². The number of hydrogen-bond donors (Lipinski definition) is 3. The summed E-state index contributed by atoms with van der Waals surface area (Å²) in [6, 6.07) is 15.1. The van der Waals surface area contributed by atoms with Crippen LogP contribution in [-0.2, 0) is 13.2 Å². The number of aliphatic hydroxyl groups excluding tert-OH is 1. The first-order valence-electron chi connectivity index (χ1n) is 8.08. The summed E-state index contributed by atoms with van der Waals surface area (Å²) in [5.74, 6) is 0.883. The average Bonchev–Trinajstić information content (AvgIpc) is 2.61. The van der Waals surface area contributed by atoms with Gasteiger partial charge in [-0.3, -0.25) is 0 Å². The minimum atomic E-state index is -0.197. The van der Waals surface area contributed by atoms with Gasteiger partial charge in [-0.05, 0) is 36.1 Å². The molecule has 5 heteroatoms. The van der Waals surface area contributed by atoms with Crippen LogP contribution in [0.25, 0.3) is 0 Å². The Morgan fingerprint density at radius 3 is 2.46 bits per heavy atom. The summed E-state index contributed by atoms with van der Waals surface area (Å²) in [5.41, 5.74) is 2.96. The molecule has 0 unspecified atom stereocenters. The van der Waals surface area contributed by atoms with E-state index < -0.39 is 0 Å². The zero-order chi connectivity index (χ0) is 17.2. The molecule has 0 saturated heterocycles. The van der Waals surface area contributed by atoms with E-state index in [4.69, 9.17) is 9.84 Å². The van der Waals surface area contributed by atoms with Crippen LogP contribution in [0, 0.1) is 6.92 Å². The van der Waals surface area contributed by atoms with Crippen molar-refractivity contribution in [2.75, 3.05) is 13.2 Å². The van der Waals surface area contributed by atoms with Crippen LogP contribution in [0.15, 0.2) is 48.5 Å². The molecule has 0 aromatic heterocycles. The van der Waals surface area contributed by atoms with Crippen LogP contribution in [0.3, 0.4) is 0 Å². The first kappa shape index (κ1) is 17.8. The van der Waals surface area contributed by atoms with Gasteiger partial charge in [0.2, 0.25) is 0 Å². The second-order valence-corrected chi connectivity index (χ2v) is 5.55. The predicted octanol–water partition coefficient (Wildman–Crippen LogP) is 2.76. The third kappa shape index (κ3) is 5.93. The van der Waals surface area contributed by atoms with Crippen molar-refractivity contribution >= 4 is 6.03 Å². The van der Waals surface area contributed by atoms with E-state index in [1.165, 1.54) is 0 Å². The predicted molar refractivity (Wildman–Crippen MR) is 93.9 cm³/mol. The minimum Gasteiger partial charge on any atom is -0.493 e. The maximum absolute atomic E-state index is 11.7. The highest BCUT2D eigenvalue weighted by molar-refractivity contribution is 5.73. The van der Waals surface area contributed by atoms with Gasteiger partial charge in [0.05, 0.1) is 13.2 Å². The summed E-state index contributed by atoms with van der Waals surface area (Å²) in [5, 5.41) is 14.6. The number of ether oxygens (including phenoxy) is 1. The fraction of sp³-hybridized carbons (Fsp3) is 0.316. The smallest absolute Gasteiger partial charge is 0.315 e. The molecule has 24 heavy (non-hydrogen) atoms. The van der Waals surface area contributed by atoms with E-state index >= 15 is 0 Å². The highest BCUT2D eigenvalue weighted by Gasteiger charge is 2.01. The molecule has 0 spiro atoms. The Morgan fingerprint density at radius 2 is 1.75 bits per heavy atom. The van der Waals surface area contributed by atoms with Crippen molar-refractivity contribution < 1.29 is 14.6 Å². The standard InChI is InChI=1S/C19H24N2O3/c1-15-5-2-3-6-18(15)24-12-4-11-20-19(23)21-13-16-7-9-17(14-22)10-8-16/h2-3,5-10,22H,4,11-14H2,1H3,(H2,20,21,23). The van der Waals surface area contributed by atoms with Crippen molar-refractivity contribution in [2.45, 2.75) is 26.5 Å². The monoisotopic (exact) mass is 328 g/mol. The number of hydrogen-bond acceptors (Lipinski definition) is 3. The number of benzene rings is 2. The summed E-state index contributed by atoms with van der Waals surface area (Å²) >= 11 is 0. The highest BCUT2D eigenvalue weighted by Crippen LogP contribution is 2.15. The number of carbonyl (C=O) groups excluding carboxylic acids is 1. The fourth-order valence-corrected chi connectivity index (χ4v) is 2.18. The molecule has 0 aliphatic carbocycles. The number of rotatable bonds is 8. The van der Waals surface area contributed by atoms with Gasteiger partial charge in [0.1, 0.15) is 5.75 Å². The van der Waals surface area contributed by atoms with Crippen LogP contribution in [0.1, 0.15) is 23.1 Å². The summed E-state index contributed by atoms with van der Waals surface area (Å²) in [6.07, 6.45) is 0.743. The van der Waals surface area contributed by atoms with E-state index in [2.05, 4.69) is 10.6 Å².